The van der Waals surface area contributed by atoms with Crippen molar-refractivity contribution in [2.24, 2.45) is 0 Å². The van der Waals surface area contributed by atoms with E-state index in [9.17, 15) is 13.9 Å². The second-order valence-electron chi connectivity index (χ2n) is 4.09. The van der Waals surface area contributed by atoms with Crippen LogP contribution in [0.2, 0.25) is 0 Å². The van der Waals surface area contributed by atoms with Gasteiger partial charge in [-0.05, 0) is 34.1 Å². The lowest BCUT2D eigenvalue weighted by Gasteiger charge is -2.11. The molecule has 106 valence electrons. The van der Waals surface area contributed by atoms with Gasteiger partial charge in [0.1, 0.15) is 23.1 Å². The quantitative estimate of drug-likeness (QED) is 0.822. The summed E-state index contributed by atoms with van der Waals surface area (Å²) in [6, 6.07) is 6.92. The first-order valence-corrected chi connectivity index (χ1v) is 6.55. The van der Waals surface area contributed by atoms with Gasteiger partial charge in [0.2, 0.25) is 0 Å². The molecule has 0 radical (unpaired) electrons. The lowest BCUT2D eigenvalue weighted by molar-refractivity contribution is 0.406. The van der Waals surface area contributed by atoms with Crippen molar-refractivity contribution in [2.45, 2.75) is 6.54 Å². The minimum Gasteiger partial charge on any atom is -0.507 e. The van der Waals surface area contributed by atoms with E-state index in [-0.39, 0.29) is 22.5 Å². The molecule has 2 rings (SSSR count). The van der Waals surface area contributed by atoms with Crippen molar-refractivity contribution in [3.05, 3.63) is 52.0 Å². The van der Waals surface area contributed by atoms with Gasteiger partial charge in [0, 0.05) is 24.2 Å². The molecule has 0 unspecified atom stereocenters. The Bertz CT molecular complexity index is 635. The van der Waals surface area contributed by atoms with Crippen LogP contribution in [0.1, 0.15) is 5.56 Å². The van der Waals surface area contributed by atoms with E-state index >= 15 is 0 Å². The van der Waals surface area contributed by atoms with E-state index < -0.39 is 11.6 Å². The smallest absolute Gasteiger partial charge is 0.149 e. The third-order valence-electron chi connectivity index (χ3n) is 2.77. The van der Waals surface area contributed by atoms with Crippen molar-refractivity contribution in [3.63, 3.8) is 0 Å². The molecule has 3 nitrogen and oxygen atoms in total. The third-order valence-corrected chi connectivity index (χ3v) is 3.38. The van der Waals surface area contributed by atoms with E-state index in [0.29, 0.717) is 11.3 Å². The molecule has 0 atom stereocenters. The van der Waals surface area contributed by atoms with E-state index in [2.05, 4.69) is 21.2 Å². The first-order chi connectivity index (χ1) is 9.51. The Morgan fingerprint density at radius 3 is 2.60 bits per heavy atom. The Morgan fingerprint density at radius 2 is 1.95 bits per heavy atom. The minimum absolute atomic E-state index is 0.0402. The Morgan fingerprint density at radius 1 is 1.20 bits per heavy atom. The minimum atomic E-state index is -0.696. The molecule has 0 fully saturated rings. The first kappa shape index (κ1) is 14.6. The predicted octanol–water partition coefficient (Wildman–Crippen LogP) is 4.05. The number of hydrogen-bond acceptors (Lipinski definition) is 3. The first-order valence-electron chi connectivity index (χ1n) is 5.75. The van der Waals surface area contributed by atoms with Crippen LogP contribution in [0.4, 0.5) is 14.5 Å². The second kappa shape index (κ2) is 6.09. The molecule has 0 saturated carbocycles. The summed E-state index contributed by atoms with van der Waals surface area (Å²) in [5.41, 5.74) is 0.721. The number of nitrogens with one attached hydrogen (secondary N) is 1. The number of aromatic hydroxyl groups is 1. The lowest BCUT2D eigenvalue weighted by atomic mass is 10.2. The second-order valence-corrected chi connectivity index (χ2v) is 4.95. The van der Waals surface area contributed by atoms with E-state index in [4.69, 9.17) is 4.74 Å². The van der Waals surface area contributed by atoms with Crippen LogP contribution < -0.4 is 10.1 Å². The monoisotopic (exact) mass is 343 g/mol. The molecular formula is C14H12BrF2NO2. The van der Waals surface area contributed by atoms with Gasteiger partial charge in [-0.3, -0.25) is 0 Å². The molecule has 20 heavy (non-hydrogen) atoms. The lowest BCUT2D eigenvalue weighted by Crippen LogP contribution is -2.02. The summed E-state index contributed by atoms with van der Waals surface area (Å²) in [5.74, 6) is -0.792. The molecule has 2 aromatic rings. The van der Waals surface area contributed by atoms with Crippen LogP contribution in [0.5, 0.6) is 11.5 Å². The maximum Gasteiger partial charge on any atom is 0.149 e. The van der Waals surface area contributed by atoms with Gasteiger partial charge >= 0.3 is 0 Å². The van der Waals surface area contributed by atoms with E-state index in [1.54, 1.807) is 12.1 Å². The molecule has 2 N–H and O–H groups in total. The van der Waals surface area contributed by atoms with Crippen molar-refractivity contribution < 1.29 is 18.6 Å². The summed E-state index contributed by atoms with van der Waals surface area (Å²) in [5, 5.41) is 12.6. The number of methoxy groups -OCH3 is 1. The van der Waals surface area contributed by atoms with Gasteiger partial charge in [-0.2, -0.15) is 0 Å². The van der Waals surface area contributed by atoms with Crippen LogP contribution in [-0.4, -0.2) is 12.2 Å². The molecular weight excluding hydrogens is 332 g/mol. The van der Waals surface area contributed by atoms with Crippen molar-refractivity contribution in [3.8, 4) is 11.5 Å². The number of benzene rings is 2. The number of ether oxygens (including phenoxy) is 1. The Labute approximate surface area is 123 Å². The van der Waals surface area contributed by atoms with Gasteiger partial charge in [-0.15, -0.1) is 0 Å². The highest BCUT2D eigenvalue weighted by atomic mass is 79.9. The molecule has 0 aliphatic rings. The van der Waals surface area contributed by atoms with Gasteiger partial charge in [-0.1, -0.05) is 0 Å². The van der Waals surface area contributed by atoms with Crippen LogP contribution in [0.15, 0.2) is 34.8 Å². The topological polar surface area (TPSA) is 41.5 Å². The third kappa shape index (κ3) is 3.19. The highest BCUT2D eigenvalue weighted by Crippen LogP contribution is 2.27. The van der Waals surface area contributed by atoms with Crippen LogP contribution >= 0.6 is 15.9 Å². The molecule has 0 aliphatic carbocycles. The fourth-order valence-electron chi connectivity index (χ4n) is 1.67. The van der Waals surface area contributed by atoms with Crippen LogP contribution in [-0.2, 0) is 6.54 Å². The summed E-state index contributed by atoms with van der Waals surface area (Å²) >= 11 is 2.99. The maximum absolute atomic E-state index is 13.5. The van der Waals surface area contributed by atoms with Gasteiger partial charge in [0.15, 0.2) is 0 Å². The summed E-state index contributed by atoms with van der Waals surface area (Å²) in [7, 11) is 1.50. The van der Waals surface area contributed by atoms with Crippen LogP contribution in [0.3, 0.4) is 0 Å². The zero-order chi connectivity index (χ0) is 14.7. The SMILES string of the molecule is COc1ccc(CNc2cc(Br)c(F)cc2F)c(O)c1. The number of anilines is 1. The average molecular weight is 344 g/mol. The van der Waals surface area contributed by atoms with Gasteiger partial charge in [0.25, 0.3) is 0 Å². The van der Waals surface area contributed by atoms with Crippen molar-refractivity contribution in [1.29, 1.82) is 0 Å². The molecule has 0 amide bonds. The average Bonchev–Trinajstić information content (AvgIpc) is 2.42. The summed E-state index contributed by atoms with van der Waals surface area (Å²) in [6.07, 6.45) is 0. The van der Waals surface area contributed by atoms with Crippen molar-refractivity contribution >= 4 is 21.6 Å². The van der Waals surface area contributed by atoms with Gasteiger partial charge in [0.05, 0.1) is 17.3 Å². The van der Waals surface area contributed by atoms with Gasteiger partial charge in [-0.25, -0.2) is 8.78 Å². The van der Waals surface area contributed by atoms with E-state index in [0.717, 1.165) is 6.07 Å². The van der Waals surface area contributed by atoms with E-state index in [1.807, 2.05) is 0 Å². The van der Waals surface area contributed by atoms with E-state index in [1.165, 1.54) is 19.2 Å². The molecule has 0 spiro atoms. The summed E-state index contributed by atoms with van der Waals surface area (Å²) in [4.78, 5) is 0. The fraction of sp³-hybridized carbons (Fsp3) is 0.143. The largest absolute Gasteiger partial charge is 0.507 e. The van der Waals surface area contributed by atoms with Crippen molar-refractivity contribution in [1.82, 2.24) is 0 Å². The molecule has 0 bridgehead atoms. The normalized spacial score (nSPS) is 10.4. The van der Waals surface area contributed by atoms with Gasteiger partial charge < -0.3 is 15.2 Å². The highest BCUT2D eigenvalue weighted by molar-refractivity contribution is 9.10. The summed E-state index contributed by atoms with van der Waals surface area (Å²) in [6.45, 7) is 0.199. The number of phenolic OH excluding ortho intramolecular Hbond substituents is 1. The fourth-order valence-corrected chi connectivity index (χ4v) is 2.01. The zero-order valence-corrected chi connectivity index (χ0v) is 12.2. The van der Waals surface area contributed by atoms with Crippen LogP contribution in [0.25, 0.3) is 0 Å². The Hall–Kier alpha value is -1.82. The van der Waals surface area contributed by atoms with Crippen molar-refractivity contribution in [2.75, 3.05) is 12.4 Å². The summed E-state index contributed by atoms with van der Waals surface area (Å²) < 4.78 is 31.8. The molecule has 2 aromatic carbocycles. The number of hydrogen-bond donors (Lipinski definition) is 2. The molecule has 0 saturated heterocycles. The standard InChI is InChI=1S/C14H12BrF2NO2/c1-20-9-3-2-8(14(19)4-9)7-18-13-5-10(15)11(16)6-12(13)17/h2-6,18-19H,7H2,1H3. The molecule has 0 aromatic heterocycles. The number of halogens is 3. The zero-order valence-electron chi connectivity index (χ0n) is 10.6. The Kier molecular flexibility index (Phi) is 4.44. The van der Waals surface area contributed by atoms with Crippen LogP contribution in [0, 0.1) is 11.6 Å². The molecule has 0 aliphatic heterocycles. The maximum atomic E-state index is 13.5. The number of phenols is 1. The number of rotatable bonds is 4. The predicted molar refractivity (Wildman–Crippen MR) is 76.0 cm³/mol. The highest BCUT2D eigenvalue weighted by Gasteiger charge is 2.09. The Balaban J connectivity index is 2.15. The molecule has 0 heterocycles. The molecule has 6 heteroatoms.